The minimum Gasteiger partial charge on any atom is -0.493 e. The molecule has 16 nitrogen and oxygen atoms in total. The highest BCUT2D eigenvalue weighted by atomic mass is 32.1. The maximum Gasteiger partial charge on any atom is 0.417 e. The number of aliphatic hydroxyl groups is 2. The summed E-state index contributed by atoms with van der Waals surface area (Å²) >= 11 is 7.17. The lowest BCUT2D eigenvalue weighted by atomic mass is 9.85. The third-order valence-electron chi connectivity index (χ3n) is 12.6. The van der Waals surface area contributed by atoms with Crippen molar-refractivity contribution >= 4 is 63.7 Å². The van der Waals surface area contributed by atoms with Gasteiger partial charge >= 0.3 is 6.18 Å². The van der Waals surface area contributed by atoms with E-state index in [4.69, 9.17) is 26.4 Å². The van der Waals surface area contributed by atoms with Gasteiger partial charge in [-0.3, -0.25) is 24.1 Å². The van der Waals surface area contributed by atoms with Crippen LogP contribution in [0.3, 0.4) is 0 Å². The number of alkyl halides is 3. The van der Waals surface area contributed by atoms with Crippen LogP contribution in [0.25, 0.3) is 10.4 Å². The van der Waals surface area contributed by atoms with Crippen LogP contribution in [0.2, 0.25) is 0 Å². The minimum absolute atomic E-state index is 0.0337. The van der Waals surface area contributed by atoms with Crippen LogP contribution < -0.4 is 25.2 Å². The van der Waals surface area contributed by atoms with Crippen LogP contribution >= 0.6 is 23.6 Å². The molecule has 0 saturated carbocycles. The van der Waals surface area contributed by atoms with Gasteiger partial charge in [-0.25, -0.2) is 4.98 Å². The zero-order chi connectivity index (χ0) is 53.4. The van der Waals surface area contributed by atoms with E-state index in [0.29, 0.717) is 37.3 Å². The van der Waals surface area contributed by atoms with Crippen LogP contribution in [-0.2, 0) is 34.8 Å². The van der Waals surface area contributed by atoms with Gasteiger partial charge in [0.15, 0.2) is 5.11 Å². The first kappa shape index (κ1) is 56.3. The molecule has 0 bridgehead atoms. The van der Waals surface area contributed by atoms with E-state index in [1.54, 1.807) is 75.7 Å². The van der Waals surface area contributed by atoms with Gasteiger partial charge in [0, 0.05) is 44.9 Å². The molecule has 5 atom stereocenters. The number of thiazole rings is 1. The zero-order valence-corrected chi connectivity index (χ0v) is 43.5. The molecule has 0 aliphatic carbocycles. The number of hydrogen-bond acceptors (Lipinski definition) is 13. The number of aryl methyl sites for hydroxylation is 1. The number of amides is 4. The van der Waals surface area contributed by atoms with Crippen LogP contribution in [0.5, 0.6) is 5.75 Å². The number of benzene rings is 3. The highest BCUT2D eigenvalue weighted by molar-refractivity contribution is 7.81. The summed E-state index contributed by atoms with van der Waals surface area (Å²) in [6.07, 6.45) is -5.30. The topological polar surface area (TPSA) is 207 Å². The van der Waals surface area contributed by atoms with Crippen molar-refractivity contribution in [1.82, 2.24) is 20.5 Å². The monoisotopic (exact) mass is 1050 g/mol. The molecular formula is C52H62F3N7O9S2. The van der Waals surface area contributed by atoms with Gasteiger partial charge < -0.3 is 44.9 Å². The zero-order valence-electron chi connectivity index (χ0n) is 41.8. The molecule has 1 aromatic heterocycles. The number of thiocarbonyl (C=S) groups is 1. The molecule has 2 aliphatic rings. The smallest absolute Gasteiger partial charge is 0.417 e. The summed E-state index contributed by atoms with van der Waals surface area (Å²) in [7, 11) is 0. The van der Waals surface area contributed by atoms with Crippen molar-refractivity contribution in [2.45, 2.75) is 116 Å². The van der Waals surface area contributed by atoms with Gasteiger partial charge in [-0.2, -0.15) is 18.4 Å². The number of aromatic nitrogens is 1. The van der Waals surface area contributed by atoms with E-state index in [0.717, 1.165) is 38.7 Å². The van der Waals surface area contributed by atoms with Crippen LogP contribution in [0.4, 0.5) is 24.5 Å². The number of nitrogens with one attached hydrogen (secondary N) is 2. The van der Waals surface area contributed by atoms with E-state index in [2.05, 4.69) is 15.6 Å². The number of halogens is 3. The number of aliphatic hydroxyl groups excluding tert-OH is 2. The third kappa shape index (κ3) is 13.8. The van der Waals surface area contributed by atoms with E-state index in [1.807, 2.05) is 38.1 Å². The number of carbonyl (C=O) groups is 4. The summed E-state index contributed by atoms with van der Waals surface area (Å²) in [5.74, 6) is -1.47. The van der Waals surface area contributed by atoms with Crippen molar-refractivity contribution < 1.29 is 56.8 Å². The highest BCUT2D eigenvalue weighted by Gasteiger charge is 2.51. The molecule has 2 aliphatic heterocycles. The Kier molecular flexibility index (Phi) is 18.4. The number of anilines is 2. The number of likely N-dealkylation sites (tertiary alicyclic amines) is 1. The molecule has 73 heavy (non-hydrogen) atoms. The number of nitrogens with zero attached hydrogens (tertiary/aromatic N) is 5. The van der Waals surface area contributed by atoms with E-state index in [-0.39, 0.29) is 56.2 Å². The van der Waals surface area contributed by atoms with Crippen molar-refractivity contribution in [3.63, 3.8) is 0 Å². The molecule has 3 heterocycles. The lowest BCUT2D eigenvalue weighted by Gasteiger charge is -2.35. The average molecular weight is 1050 g/mol. The molecule has 2 fully saturated rings. The summed E-state index contributed by atoms with van der Waals surface area (Å²) in [6.45, 7) is 13.0. The third-order valence-corrected chi connectivity index (χ3v) is 14.0. The van der Waals surface area contributed by atoms with E-state index >= 15 is 0 Å². The summed E-state index contributed by atoms with van der Waals surface area (Å²) in [6, 6.07) is 16.7. The molecule has 4 N–H and O–H groups in total. The summed E-state index contributed by atoms with van der Waals surface area (Å²) in [5, 5.41) is 36.1. The van der Waals surface area contributed by atoms with E-state index < -0.39 is 76.2 Å². The van der Waals surface area contributed by atoms with Crippen molar-refractivity contribution in [2.75, 3.05) is 49.4 Å². The standard InChI is InChI=1S/C52H62F3N7O9S2/c1-31(33-9-11-34(12-10-33)44-32(2)57-30-73-44)58-46(66)42-26-39(64)28-60(42)47(67)45(50(3,4)5)59-43(65)29-70-22-8-21-69-23-19-38(63)20-24-71-40-17-15-36(16-18-40)62-49(72)61(48(68)51(62,6)7)37-14-13-35(27-56)41(25-37)52(53,54)55/h9-18,25,30-31,38-39,42,45,63-64H,8,19-24,26,28-29H2,1-7H3,(H,58,66)(H,59,65)/t31-,38+,39+,42-,45?/m0/s1. The Morgan fingerprint density at radius 3 is 2.26 bits per heavy atom. The molecule has 4 amide bonds. The van der Waals surface area contributed by atoms with Crippen LogP contribution in [0.15, 0.2) is 72.2 Å². The number of carbonyl (C=O) groups excluding carboxylic acids is 4. The summed E-state index contributed by atoms with van der Waals surface area (Å²) < 4.78 is 58.2. The molecule has 21 heteroatoms. The predicted molar refractivity (Wildman–Crippen MR) is 273 cm³/mol. The summed E-state index contributed by atoms with van der Waals surface area (Å²) in [4.78, 5) is 63.6. The molecule has 4 aromatic rings. The van der Waals surface area contributed by atoms with Crippen molar-refractivity contribution in [3.8, 4) is 22.3 Å². The number of hydrogen-bond donors (Lipinski definition) is 4. The van der Waals surface area contributed by atoms with E-state index in [1.165, 1.54) is 21.9 Å². The Bertz CT molecular complexity index is 2650. The van der Waals surface area contributed by atoms with Gasteiger partial charge in [-0.1, -0.05) is 45.0 Å². The van der Waals surface area contributed by atoms with Gasteiger partial charge in [0.2, 0.25) is 17.7 Å². The Hall–Kier alpha value is -6.02. The molecular weight excluding hydrogens is 988 g/mol. The minimum atomic E-state index is -4.82. The number of rotatable bonds is 21. The largest absolute Gasteiger partial charge is 0.493 e. The fraction of sp³-hybridized carbons (Fsp3) is 0.481. The Morgan fingerprint density at radius 1 is 0.973 bits per heavy atom. The number of nitriles is 1. The molecule has 1 unspecified atom stereocenters. The molecule has 2 saturated heterocycles. The predicted octanol–water partition coefficient (Wildman–Crippen LogP) is 7.24. The fourth-order valence-electron chi connectivity index (χ4n) is 8.58. The van der Waals surface area contributed by atoms with E-state index in [9.17, 15) is 47.8 Å². The Morgan fingerprint density at radius 2 is 1.63 bits per heavy atom. The van der Waals surface area contributed by atoms with Gasteiger partial charge in [0.1, 0.15) is 30.0 Å². The van der Waals surface area contributed by atoms with Crippen molar-refractivity contribution in [2.24, 2.45) is 5.41 Å². The molecule has 6 rings (SSSR count). The molecule has 0 spiro atoms. The quantitative estimate of drug-likeness (QED) is 0.0480. The Labute approximate surface area is 432 Å². The first-order chi connectivity index (χ1) is 34.4. The average Bonchev–Trinajstić information content (AvgIpc) is 4.00. The fourth-order valence-corrected chi connectivity index (χ4v) is 9.91. The first-order valence-electron chi connectivity index (χ1n) is 23.9. The van der Waals surface area contributed by atoms with Crippen LogP contribution in [-0.4, -0.2) is 118 Å². The van der Waals surface area contributed by atoms with Gasteiger partial charge in [-0.05, 0) is 112 Å². The number of β-amino-alcohol motifs (C(OH)–C–C–N with tert-alkyl or cyclic N) is 1. The van der Waals surface area contributed by atoms with Crippen LogP contribution in [0, 0.1) is 23.7 Å². The summed E-state index contributed by atoms with van der Waals surface area (Å²) in [5.41, 5.74) is 1.30. The molecule has 0 radical (unpaired) electrons. The van der Waals surface area contributed by atoms with Gasteiger partial charge in [0.25, 0.3) is 5.91 Å². The highest BCUT2D eigenvalue weighted by Crippen LogP contribution is 2.40. The van der Waals surface area contributed by atoms with Gasteiger partial charge in [-0.15, -0.1) is 11.3 Å². The number of ether oxygens (including phenoxy) is 3. The maximum atomic E-state index is 14.0. The van der Waals surface area contributed by atoms with Crippen molar-refractivity contribution in [3.05, 3.63) is 94.6 Å². The lowest BCUT2D eigenvalue weighted by molar-refractivity contribution is -0.144. The van der Waals surface area contributed by atoms with Crippen molar-refractivity contribution in [1.29, 1.82) is 5.26 Å². The second-order valence-electron chi connectivity index (χ2n) is 19.6. The second kappa shape index (κ2) is 23.9. The second-order valence-corrected chi connectivity index (χ2v) is 20.9. The van der Waals surface area contributed by atoms with Crippen LogP contribution in [0.1, 0.15) is 95.7 Å². The van der Waals surface area contributed by atoms with Gasteiger partial charge in [0.05, 0.1) is 63.8 Å². The normalized spacial score (nSPS) is 18.1. The Balaban J connectivity index is 0.873. The molecule has 3 aromatic carbocycles. The lowest BCUT2D eigenvalue weighted by Crippen LogP contribution is -2.58. The first-order valence-corrected chi connectivity index (χ1v) is 25.2. The SMILES string of the molecule is Cc1ncsc1-c1ccc([C@H](C)NC(=O)[C@@H]2C[C@@H](O)CN2C(=O)C(NC(=O)COCCCOCC[C@@H](O)CCOc2ccc(N3C(=S)N(c4ccc(C#N)c(C(F)(F)F)c4)C(=O)C3(C)C)cc2)C(C)(C)C)cc1. The maximum absolute atomic E-state index is 14.0. The molecule has 392 valence electrons.